The summed E-state index contributed by atoms with van der Waals surface area (Å²) >= 11 is 0. The second-order valence-electron chi connectivity index (χ2n) is 5.83. The highest BCUT2D eigenvalue weighted by Gasteiger charge is 2.08. The molecule has 27 heavy (non-hydrogen) atoms. The number of rotatable bonds is 5. The van der Waals surface area contributed by atoms with Gasteiger partial charge in [-0.1, -0.05) is 36.4 Å². The fraction of sp³-hybridized carbons (Fsp3) is 0.0476. The van der Waals surface area contributed by atoms with Gasteiger partial charge >= 0.3 is 6.03 Å². The maximum atomic E-state index is 12.2. The third kappa shape index (κ3) is 5.09. The quantitative estimate of drug-likeness (QED) is 0.554. The van der Waals surface area contributed by atoms with Gasteiger partial charge in [-0.05, 0) is 42.5 Å². The summed E-state index contributed by atoms with van der Waals surface area (Å²) in [7, 11) is 0. The minimum atomic E-state index is -0.363. The van der Waals surface area contributed by atoms with Crippen molar-refractivity contribution in [2.45, 2.75) is 6.54 Å². The summed E-state index contributed by atoms with van der Waals surface area (Å²) in [5.74, 6) is -0.125. The van der Waals surface area contributed by atoms with Crippen LogP contribution in [-0.4, -0.2) is 17.0 Å². The summed E-state index contributed by atoms with van der Waals surface area (Å²) in [6, 6.07) is 22.1. The van der Waals surface area contributed by atoms with E-state index in [0.29, 0.717) is 22.5 Å². The molecule has 0 bridgehead atoms. The van der Waals surface area contributed by atoms with Crippen molar-refractivity contribution in [1.29, 1.82) is 0 Å². The predicted octanol–water partition coefficient (Wildman–Crippen LogP) is 3.97. The van der Waals surface area contributed by atoms with Gasteiger partial charge in [0.05, 0.1) is 0 Å². The van der Waals surface area contributed by atoms with E-state index >= 15 is 0 Å². The number of hydrogen-bond donors (Lipinski definition) is 4. The van der Waals surface area contributed by atoms with E-state index in [4.69, 9.17) is 0 Å². The number of urea groups is 1. The molecule has 3 amide bonds. The first-order valence-corrected chi connectivity index (χ1v) is 8.40. The summed E-state index contributed by atoms with van der Waals surface area (Å²) in [5.41, 5.74) is 2.36. The zero-order valence-electron chi connectivity index (χ0n) is 14.5. The van der Waals surface area contributed by atoms with Crippen molar-refractivity contribution in [3.8, 4) is 5.75 Å². The topological polar surface area (TPSA) is 90.5 Å². The third-order valence-corrected chi connectivity index (χ3v) is 3.87. The highest BCUT2D eigenvalue weighted by molar-refractivity contribution is 6.00. The Kier molecular flexibility index (Phi) is 5.69. The number of nitrogens with one attached hydrogen (secondary N) is 3. The van der Waals surface area contributed by atoms with Crippen LogP contribution in [0.2, 0.25) is 0 Å². The molecule has 0 atom stereocenters. The van der Waals surface area contributed by atoms with E-state index in [9.17, 15) is 14.7 Å². The molecular weight excluding hydrogens is 342 g/mol. The van der Waals surface area contributed by atoms with E-state index in [1.807, 2.05) is 18.2 Å². The number of hydrogen-bond acceptors (Lipinski definition) is 3. The van der Waals surface area contributed by atoms with Crippen LogP contribution >= 0.6 is 0 Å². The van der Waals surface area contributed by atoms with Crippen molar-refractivity contribution in [2.75, 3.05) is 10.6 Å². The molecule has 3 aromatic carbocycles. The van der Waals surface area contributed by atoms with Gasteiger partial charge in [-0.15, -0.1) is 0 Å². The summed E-state index contributed by atoms with van der Waals surface area (Å²) < 4.78 is 0. The van der Waals surface area contributed by atoms with Crippen LogP contribution in [0.25, 0.3) is 0 Å². The Hall–Kier alpha value is -3.80. The Morgan fingerprint density at radius 2 is 1.33 bits per heavy atom. The second-order valence-corrected chi connectivity index (χ2v) is 5.83. The van der Waals surface area contributed by atoms with Crippen LogP contribution in [0.5, 0.6) is 5.75 Å². The zero-order chi connectivity index (χ0) is 19.1. The Balaban J connectivity index is 1.54. The highest BCUT2D eigenvalue weighted by atomic mass is 16.3. The summed E-state index contributed by atoms with van der Waals surface area (Å²) in [6.45, 7) is 0.227. The monoisotopic (exact) mass is 361 g/mol. The van der Waals surface area contributed by atoms with Crippen LogP contribution in [0, 0.1) is 0 Å². The standard InChI is InChI=1S/C21H19N3O3/c25-19-9-5-4-6-16(19)14-22-20(26)15-10-12-18(13-11-15)24-21(27)23-17-7-2-1-3-8-17/h1-13,25H,14H2,(H,22,26)(H2,23,24,27). The molecule has 0 fully saturated rings. The predicted molar refractivity (Wildman–Crippen MR) is 105 cm³/mol. The van der Waals surface area contributed by atoms with Gasteiger partial charge in [0.25, 0.3) is 5.91 Å². The van der Waals surface area contributed by atoms with Crippen LogP contribution < -0.4 is 16.0 Å². The molecule has 0 aromatic heterocycles. The van der Waals surface area contributed by atoms with Crippen LogP contribution in [0.15, 0.2) is 78.9 Å². The molecule has 4 N–H and O–H groups in total. The maximum absolute atomic E-state index is 12.2. The number of phenolic OH excluding ortho intramolecular Hbond substituents is 1. The molecule has 0 aliphatic rings. The van der Waals surface area contributed by atoms with E-state index < -0.39 is 0 Å². The largest absolute Gasteiger partial charge is 0.508 e. The number of phenols is 1. The number of aromatic hydroxyl groups is 1. The van der Waals surface area contributed by atoms with Gasteiger partial charge < -0.3 is 21.1 Å². The molecule has 0 unspecified atom stereocenters. The number of benzene rings is 3. The lowest BCUT2D eigenvalue weighted by Gasteiger charge is -2.09. The van der Waals surface area contributed by atoms with E-state index in [1.54, 1.807) is 60.7 Å². The van der Waals surface area contributed by atoms with E-state index in [2.05, 4.69) is 16.0 Å². The Bertz CT molecular complexity index is 925. The molecule has 136 valence electrons. The molecule has 6 nitrogen and oxygen atoms in total. The lowest BCUT2D eigenvalue weighted by molar-refractivity contribution is 0.0950. The van der Waals surface area contributed by atoms with Crippen molar-refractivity contribution in [1.82, 2.24) is 5.32 Å². The average molecular weight is 361 g/mol. The molecule has 6 heteroatoms. The van der Waals surface area contributed by atoms with E-state index in [1.165, 1.54) is 0 Å². The summed E-state index contributed by atoms with van der Waals surface area (Å²) in [4.78, 5) is 24.2. The van der Waals surface area contributed by atoms with Crippen molar-refractivity contribution < 1.29 is 14.7 Å². The molecule has 0 radical (unpaired) electrons. The van der Waals surface area contributed by atoms with Gasteiger partial charge in [0, 0.05) is 29.0 Å². The molecular formula is C21H19N3O3. The SMILES string of the molecule is O=C(Nc1ccccc1)Nc1ccc(C(=O)NCc2ccccc2O)cc1. The second kappa shape index (κ2) is 8.53. The van der Waals surface area contributed by atoms with Gasteiger partial charge in [-0.25, -0.2) is 4.79 Å². The first kappa shape index (κ1) is 18.0. The zero-order valence-corrected chi connectivity index (χ0v) is 14.5. The highest BCUT2D eigenvalue weighted by Crippen LogP contribution is 2.16. The van der Waals surface area contributed by atoms with Gasteiger partial charge in [-0.2, -0.15) is 0 Å². The van der Waals surface area contributed by atoms with Crippen LogP contribution in [0.3, 0.4) is 0 Å². The van der Waals surface area contributed by atoms with Crippen LogP contribution in [0.1, 0.15) is 15.9 Å². The lowest BCUT2D eigenvalue weighted by Crippen LogP contribution is -2.23. The number of carbonyl (C=O) groups is 2. The maximum Gasteiger partial charge on any atom is 0.323 e. The fourth-order valence-corrected chi connectivity index (χ4v) is 2.46. The molecule has 0 aliphatic carbocycles. The molecule has 0 heterocycles. The first-order chi connectivity index (χ1) is 13.1. The van der Waals surface area contributed by atoms with Crippen LogP contribution in [0.4, 0.5) is 16.2 Å². The van der Waals surface area contributed by atoms with Crippen molar-refractivity contribution in [3.05, 3.63) is 90.0 Å². The van der Waals surface area contributed by atoms with Gasteiger partial charge in [-0.3, -0.25) is 4.79 Å². The summed E-state index contributed by atoms with van der Waals surface area (Å²) in [6.07, 6.45) is 0. The molecule has 0 saturated heterocycles. The number of para-hydroxylation sites is 2. The van der Waals surface area contributed by atoms with Gasteiger partial charge in [0.1, 0.15) is 5.75 Å². The summed E-state index contributed by atoms with van der Waals surface area (Å²) in [5, 5.41) is 17.9. The van der Waals surface area contributed by atoms with E-state index in [0.717, 1.165) is 0 Å². The third-order valence-electron chi connectivity index (χ3n) is 3.87. The normalized spacial score (nSPS) is 10.1. The van der Waals surface area contributed by atoms with Crippen molar-refractivity contribution >= 4 is 23.3 Å². The number of carbonyl (C=O) groups excluding carboxylic acids is 2. The molecule has 0 spiro atoms. The molecule has 3 aromatic rings. The fourth-order valence-electron chi connectivity index (χ4n) is 2.46. The minimum Gasteiger partial charge on any atom is -0.508 e. The smallest absolute Gasteiger partial charge is 0.323 e. The lowest BCUT2D eigenvalue weighted by atomic mass is 10.1. The minimum absolute atomic E-state index is 0.141. The van der Waals surface area contributed by atoms with Gasteiger partial charge in [0.2, 0.25) is 0 Å². The number of anilines is 2. The molecule has 3 rings (SSSR count). The van der Waals surface area contributed by atoms with Crippen LogP contribution in [-0.2, 0) is 6.54 Å². The van der Waals surface area contributed by atoms with Gasteiger partial charge in [0.15, 0.2) is 0 Å². The van der Waals surface area contributed by atoms with Crippen molar-refractivity contribution in [2.24, 2.45) is 0 Å². The number of amides is 3. The Morgan fingerprint density at radius 3 is 2.00 bits per heavy atom. The van der Waals surface area contributed by atoms with E-state index in [-0.39, 0.29) is 24.2 Å². The molecule has 0 saturated carbocycles. The average Bonchev–Trinajstić information content (AvgIpc) is 2.68. The Morgan fingerprint density at radius 1 is 0.741 bits per heavy atom. The van der Waals surface area contributed by atoms with Crippen molar-refractivity contribution in [3.63, 3.8) is 0 Å². The Labute approximate surface area is 156 Å². The first-order valence-electron chi connectivity index (χ1n) is 8.40. The molecule has 0 aliphatic heterocycles.